The summed E-state index contributed by atoms with van der Waals surface area (Å²) in [5.41, 5.74) is 2.60. The molecule has 0 N–H and O–H groups in total. The van der Waals surface area contributed by atoms with Crippen LogP contribution in [0.3, 0.4) is 0 Å². The zero-order valence-electron chi connectivity index (χ0n) is 12.1. The van der Waals surface area contributed by atoms with Gasteiger partial charge >= 0.3 is 0 Å². The van der Waals surface area contributed by atoms with Crippen molar-refractivity contribution in [3.63, 3.8) is 0 Å². The minimum atomic E-state index is -0.362. The molecule has 0 bridgehead atoms. The standard InChI is InChI=1S/C16H16N2O2S2/c1-17-14(11-22-16(17)15-3-2-10-21-15)9-6-12-4-7-13(8-5-12)18(19)20/h2-5,7-8,10-11,16H,6,9H2,1H3/t16-/m0/s1. The maximum atomic E-state index is 10.7. The Balaban J connectivity index is 1.59. The summed E-state index contributed by atoms with van der Waals surface area (Å²) in [4.78, 5) is 14.0. The number of non-ortho nitro benzene ring substituents is 1. The van der Waals surface area contributed by atoms with E-state index in [1.807, 2.05) is 23.9 Å². The Morgan fingerprint density at radius 2 is 2.00 bits per heavy atom. The van der Waals surface area contributed by atoms with Crippen molar-refractivity contribution in [2.24, 2.45) is 0 Å². The van der Waals surface area contributed by atoms with Crippen LogP contribution in [0.1, 0.15) is 22.2 Å². The molecule has 1 aliphatic heterocycles. The van der Waals surface area contributed by atoms with Gasteiger partial charge in [0, 0.05) is 29.8 Å². The van der Waals surface area contributed by atoms with E-state index < -0.39 is 0 Å². The topological polar surface area (TPSA) is 46.4 Å². The van der Waals surface area contributed by atoms with Crippen molar-refractivity contribution >= 4 is 28.8 Å². The molecule has 22 heavy (non-hydrogen) atoms. The molecule has 2 aromatic rings. The van der Waals surface area contributed by atoms with Crippen LogP contribution in [-0.2, 0) is 6.42 Å². The molecule has 0 spiro atoms. The molecule has 1 atom stereocenters. The molecule has 114 valence electrons. The first-order chi connectivity index (χ1) is 10.6. The van der Waals surface area contributed by atoms with Crippen molar-refractivity contribution in [3.8, 4) is 0 Å². The van der Waals surface area contributed by atoms with Gasteiger partial charge in [0.2, 0.25) is 0 Å². The second-order valence-electron chi connectivity index (χ2n) is 5.15. The van der Waals surface area contributed by atoms with Gasteiger partial charge in [-0.1, -0.05) is 18.2 Å². The number of nitro groups is 1. The highest BCUT2D eigenvalue weighted by Gasteiger charge is 2.25. The van der Waals surface area contributed by atoms with Crippen LogP contribution in [0.15, 0.2) is 52.9 Å². The average molecular weight is 332 g/mol. The van der Waals surface area contributed by atoms with Gasteiger partial charge in [-0.2, -0.15) is 0 Å². The highest BCUT2D eigenvalue weighted by molar-refractivity contribution is 8.02. The number of allylic oxidation sites excluding steroid dienone is 1. The molecule has 0 radical (unpaired) electrons. The van der Waals surface area contributed by atoms with Crippen LogP contribution < -0.4 is 0 Å². The van der Waals surface area contributed by atoms with E-state index >= 15 is 0 Å². The Kier molecular flexibility index (Phi) is 4.49. The monoisotopic (exact) mass is 332 g/mol. The molecule has 1 aromatic carbocycles. The molecular formula is C16H16N2O2S2. The number of hydrogen-bond acceptors (Lipinski definition) is 5. The van der Waals surface area contributed by atoms with E-state index in [2.05, 4.69) is 34.9 Å². The van der Waals surface area contributed by atoms with E-state index in [1.165, 1.54) is 10.6 Å². The molecule has 0 aliphatic carbocycles. The summed E-state index contributed by atoms with van der Waals surface area (Å²) in [6.45, 7) is 0. The van der Waals surface area contributed by atoms with Gasteiger partial charge in [0.25, 0.3) is 5.69 Å². The summed E-state index contributed by atoms with van der Waals surface area (Å²) in [7, 11) is 2.13. The molecule has 0 fully saturated rings. The molecule has 2 heterocycles. The summed E-state index contributed by atoms with van der Waals surface area (Å²) < 4.78 is 0. The third-order valence-corrected chi connectivity index (χ3v) is 6.05. The van der Waals surface area contributed by atoms with Gasteiger partial charge in [0.05, 0.1) is 4.92 Å². The number of thiophene rings is 1. The van der Waals surface area contributed by atoms with Gasteiger partial charge in [-0.25, -0.2) is 0 Å². The highest BCUT2D eigenvalue weighted by Crippen LogP contribution is 2.44. The highest BCUT2D eigenvalue weighted by atomic mass is 32.2. The maximum Gasteiger partial charge on any atom is 0.269 e. The minimum Gasteiger partial charge on any atom is -0.361 e. The van der Waals surface area contributed by atoms with E-state index in [0.29, 0.717) is 5.37 Å². The van der Waals surface area contributed by atoms with Gasteiger partial charge in [0.15, 0.2) is 0 Å². The summed E-state index contributed by atoms with van der Waals surface area (Å²) in [6, 6.07) is 11.1. The molecule has 0 unspecified atom stereocenters. The Morgan fingerprint density at radius 3 is 2.64 bits per heavy atom. The first kappa shape index (κ1) is 15.1. The minimum absolute atomic E-state index is 0.147. The van der Waals surface area contributed by atoms with Crippen molar-refractivity contribution in [1.29, 1.82) is 0 Å². The van der Waals surface area contributed by atoms with Crippen molar-refractivity contribution < 1.29 is 4.92 Å². The molecule has 4 nitrogen and oxygen atoms in total. The lowest BCUT2D eigenvalue weighted by atomic mass is 10.1. The van der Waals surface area contributed by atoms with Crippen molar-refractivity contribution in [3.05, 3.63) is 73.4 Å². The number of rotatable bonds is 5. The summed E-state index contributed by atoms with van der Waals surface area (Å²) in [5.74, 6) is 0. The third-order valence-electron chi connectivity index (χ3n) is 3.74. The second-order valence-corrected chi connectivity index (χ2v) is 7.08. The third kappa shape index (κ3) is 3.18. The number of thioether (sulfide) groups is 1. The Hall–Kier alpha value is -1.79. The maximum absolute atomic E-state index is 10.7. The van der Waals surface area contributed by atoms with Crippen LogP contribution in [0.2, 0.25) is 0 Å². The lowest BCUT2D eigenvalue weighted by molar-refractivity contribution is -0.384. The van der Waals surface area contributed by atoms with Crippen molar-refractivity contribution in [2.75, 3.05) is 7.05 Å². The number of hydrogen-bond donors (Lipinski definition) is 0. The summed E-state index contributed by atoms with van der Waals surface area (Å²) in [5, 5.41) is 15.4. The normalized spacial score (nSPS) is 17.6. The number of aryl methyl sites for hydroxylation is 1. The van der Waals surface area contributed by atoms with E-state index in [-0.39, 0.29) is 10.6 Å². The van der Waals surface area contributed by atoms with E-state index in [4.69, 9.17) is 0 Å². The zero-order chi connectivity index (χ0) is 15.5. The van der Waals surface area contributed by atoms with Gasteiger partial charge in [0.1, 0.15) is 5.37 Å². The first-order valence-corrected chi connectivity index (χ1v) is 8.81. The molecular weight excluding hydrogens is 316 g/mol. The molecule has 1 aromatic heterocycles. The summed E-state index contributed by atoms with van der Waals surface area (Å²) >= 11 is 3.63. The number of nitrogens with zero attached hydrogens (tertiary/aromatic N) is 2. The average Bonchev–Trinajstić information content (AvgIpc) is 3.15. The van der Waals surface area contributed by atoms with Gasteiger partial charge < -0.3 is 4.90 Å². The molecule has 0 saturated carbocycles. The fourth-order valence-electron chi connectivity index (χ4n) is 2.45. The van der Waals surface area contributed by atoms with Crippen molar-refractivity contribution in [1.82, 2.24) is 4.90 Å². The van der Waals surface area contributed by atoms with Gasteiger partial charge in [-0.3, -0.25) is 10.1 Å². The SMILES string of the molecule is CN1C(CCc2ccc([N+](=O)[O-])cc2)=CS[C@H]1c1cccs1. The van der Waals surface area contributed by atoms with Crippen LogP contribution in [0, 0.1) is 10.1 Å². The largest absolute Gasteiger partial charge is 0.361 e. The van der Waals surface area contributed by atoms with Crippen LogP contribution in [0.4, 0.5) is 5.69 Å². The molecule has 1 aliphatic rings. The molecule has 0 saturated heterocycles. The quantitative estimate of drug-likeness (QED) is 0.582. The van der Waals surface area contributed by atoms with Crippen LogP contribution in [-0.4, -0.2) is 16.9 Å². The van der Waals surface area contributed by atoms with Gasteiger partial charge in [-0.15, -0.1) is 23.1 Å². The number of nitro benzene ring substituents is 1. The number of benzene rings is 1. The molecule has 0 amide bonds. The van der Waals surface area contributed by atoms with E-state index in [9.17, 15) is 10.1 Å². The smallest absolute Gasteiger partial charge is 0.269 e. The Bertz CT molecular complexity index is 681. The Labute approximate surface area is 137 Å². The lowest BCUT2D eigenvalue weighted by Crippen LogP contribution is -2.17. The van der Waals surface area contributed by atoms with Gasteiger partial charge in [-0.05, 0) is 35.3 Å². The predicted octanol–water partition coefficient (Wildman–Crippen LogP) is 4.81. The van der Waals surface area contributed by atoms with E-state index in [0.717, 1.165) is 18.4 Å². The lowest BCUT2D eigenvalue weighted by Gasteiger charge is -2.23. The second kappa shape index (κ2) is 6.54. The van der Waals surface area contributed by atoms with Crippen molar-refractivity contribution in [2.45, 2.75) is 18.2 Å². The molecule has 3 rings (SSSR count). The fraction of sp³-hybridized carbons (Fsp3) is 0.250. The molecule has 6 heteroatoms. The van der Waals surface area contributed by atoms with E-state index in [1.54, 1.807) is 23.5 Å². The fourth-order valence-corrected chi connectivity index (χ4v) is 4.63. The summed E-state index contributed by atoms with van der Waals surface area (Å²) in [6.07, 6.45) is 1.84. The van der Waals surface area contributed by atoms with Crippen LogP contribution in [0.5, 0.6) is 0 Å². The Morgan fingerprint density at radius 1 is 1.23 bits per heavy atom. The first-order valence-electron chi connectivity index (χ1n) is 6.99. The predicted molar refractivity (Wildman–Crippen MR) is 91.9 cm³/mol. The van der Waals surface area contributed by atoms with Crippen LogP contribution >= 0.6 is 23.1 Å². The van der Waals surface area contributed by atoms with Crippen LogP contribution in [0.25, 0.3) is 0 Å². The zero-order valence-corrected chi connectivity index (χ0v) is 13.8.